The van der Waals surface area contributed by atoms with Crippen LogP contribution < -0.4 is 10.1 Å². The number of anilines is 1. The largest absolute Gasteiger partial charge is 0.484 e. The molecule has 0 aliphatic rings. The van der Waals surface area contributed by atoms with E-state index in [1.54, 1.807) is 0 Å². The summed E-state index contributed by atoms with van der Waals surface area (Å²) in [5, 5.41) is 15.6. The molecule has 0 atom stereocenters. The minimum absolute atomic E-state index is 0.0270. The molecule has 0 aliphatic carbocycles. The first-order valence-electron chi connectivity index (χ1n) is 6.58. The summed E-state index contributed by atoms with van der Waals surface area (Å²) >= 11 is 1.36. The molecule has 1 aromatic heterocycles. The number of non-ortho nitro benzene ring substituents is 1. The van der Waals surface area contributed by atoms with Crippen LogP contribution in [0.5, 0.6) is 5.75 Å². The number of carbonyl (C=O) groups excluding carboxylic acids is 1. The van der Waals surface area contributed by atoms with Gasteiger partial charge in [-0.25, -0.2) is 4.98 Å². The van der Waals surface area contributed by atoms with E-state index in [4.69, 9.17) is 4.74 Å². The lowest BCUT2D eigenvalue weighted by Gasteiger charge is -2.05. The third kappa shape index (κ3) is 4.26. The molecule has 0 radical (unpaired) electrons. The van der Waals surface area contributed by atoms with Gasteiger partial charge in [-0.05, 0) is 18.1 Å². The Labute approximate surface area is 131 Å². The van der Waals surface area contributed by atoms with Crippen LogP contribution in [-0.2, 0) is 4.79 Å². The van der Waals surface area contributed by atoms with Crippen LogP contribution >= 0.6 is 11.3 Å². The van der Waals surface area contributed by atoms with Crippen LogP contribution in [0.4, 0.5) is 10.8 Å². The van der Waals surface area contributed by atoms with E-state index >= 15 is 0 Å². The van der Waals surface area contributed by atoms with Gasteiger partial charge in [0.05, 0.1) is 10.6 Å². The molecular weight excluding hydrogens is 306 g/mol. The van der Waals surface area contributed by atoms with E-state index in [0.717, 1.165) is 5.69 Å². The summed E-state index contributed by atoms with van der Waals surface area (Å²) in [5.74, 6) is 0.365. The van der Waals surface area contributed by atoms with Crippen molar-refractivity contribution in [2.24, 2.45) is 0 Å². The maximum Gasteiger partial charge on any atom is 0.269 e. The fourth-order valence-electron chi connectivity index (χ4n) is 1.58. The molecule has 2 aromatic rings. The monoisotopic (exact) mass is 321 g/mol. The molecule has 0 aliphatic heterocycles. The summed E-state index contributed by atoms with van der Waals surface area (Å²) < 4.78 is 5.27. The molecule has 0 fully saturated rings. The van der Waals surface area contributed by atoms with Crippen molar-refractivity contribution in [3.63, 3.8) is 0 Å². The van der Waals surface area contributed by atoms with Crippen molar-refractivity contribution in [3.8, 4) is 5.75 Å². The molecule has 0 spiro atoms. The van der Waals surface area contributed by atoms with Gasteiger partial charge in [-0.3, -0.25) is 20.2 Å². The topological polar surface area (TPSA) is 94.4 Å². The van der Waals surface area contributed by atoms with Gasteiger partial charge in [-0.2, -0.15) is 0 Å². The first-order chi connectivity index (χ1) is 10.5. The van der Waals surface area contributed by atoms with Crippen LogP contribution in [0, 0.1) is 10.1 Å². The second kappa shape index (κ2) is 6.99. The number of hydrogen-bond acceptors (Lipinski definition) is 6. The number of nitro groups is 1. The predicted octanol–water partition coefficient (Wildman–Crippen LogP) is 3.19. The molecule has 1 aromatic carbocycles. The first kappa shape index (κ1) is 15.9. The van der Waals surface area contributed by atoms with Crippen molar-refractivity contribution in [2.45, 2.75) is 19.8 Å². The number of aromatic nitrogens is 1. The smallest absolute Gasteiger partial charge is 0.269 e. The third-order valence-corrected chi connectivity index (χ3v) is 3.55. The van der Waals surface area contributed by atoms with Crippen molar-refractivity contribution < 1.29 is 14.5 Å². The van der Waals surface area contributed by atoms with Crippen molar-refractivity contribution in [2.75, 3.05) is 11.9 Å². The van der Waals surface area contributed by atoms with Crippen LogP contribution in [0.3, 0.4) is 0 Å². The number of nitrogens with one attached hydrogen (secondary N) is 1. The molecule has 2 rings (SSSR count). The zero-order valence-electron chi connectivity index (χ0n) is 12.1. The standard InChI is InChI=1S/C14H15N3O4S/c1-9(2)12-8-22-14(15-12)16-13(18)7-21-11-5-3-10(4-6-11)17(19)20/h3-6,8-9H,7H2,1-2H3,(H,15,16,18). The van der Waals surface area contributed by atoms with E-state index in [1.807, 2.05) is 19.2 Å². The van der Waals surface area contributed by atoms with E-state index < -0.39 is 4.92 Å². The van der Waals surface area contributed by atoms with Gasteiger partial charge in [0.1, 0.15) is 5.75 Å². The highest BCUT2D eigenvalue weighted by molar-refractivity contribution is 7.13. The molecular formula is C14H15N3O4S. The van der Waals surface area contributed by atoms with Gasteiger partial charge in [0.25, 0.3) is 11.6 Å². The maximum absolute atomic E-state index is 11.8. The molecule has 7 nitrogen and oxygen atoms in total. The number of hydrogen-bond donors (Lipinski definition) is 1. The molecule has 22 heavy (non-hydrogen) atoms. The number of carbonyl (C=O) groups is 1. The van der Waals surface area contributed by atoms with Gasteiger partial charge in [-0.1, -0.05) is 13.8 Å². The van der Waals surface area contributed by atoms with Gasteiger partial charge in [0.15, 0.2) is 11.7 Å². The molecule has 0 unspecified atom stereocenters. The average Bonchev–Trinajstić information content (AvgIpc) is 2.94. The van der Waals surface area contributed by atoms with Gasteiger partial charge in [0, 0.05) is 17.5 Å². The second-order valence-corrected chi connectivity index (χ2v) is 5.68. The summed E-state index contributed by atoms with van der Waals surface area (Å²) in [6, 6.07) is 5.54. The molecule has 0 saturated carbocycles. The van der Waals surface area contributed by atoms with Crippen molar-refractivity contribution in [1.82, 2.24) is 4.98 Å². The quantitative estimate of drug-likeness (QED) is 0.651. The van der Waals surface area contributed by atoms with E-state index in [9.17, 15) is 14.9 Å². The highest BCUT2D eigenvalue weighted by Gasteiger charge is 2.10. The minimum atomic E-state index is -0.495. The molecule has 1 heterocycles. The zero-order chi connectivity index (χ0) is 16.1. The number of nitro benzene ring substituents is 1. The number of rotatable bonds is 6. The van der Waals surface area contributed by atoms with E-state index in [-0.39, 0.29) is 18.2 Å². The summed E-state index contributed by atoms with van der Waals surface area (Å²) in [6.45, 7) is 3.87. The number of amides is 1. The molecule has 0 saturated heterocycles. The molecule has 0 bridgehead atoms. The van der Waals surface area contributed by atoms with Crippen molar-refractivity contribution in [3.05, 3.63) is 45.5 Å². The Bertz CT molecular complexity index is 667. The highest BCUT2D eigenvalue weighted by atomic mass is 32.1. The SMILES string of the molecule is CC(C)c1csc(NC(=O)COc2ccc([N+](=O)[O-])cc2)n1. The second-order valence-electron chi connectivity index (χ2n) is 4.82. The first-order valence-corrected chi connectivity index (χ1v) is 7.46. The Morgan fingerprint density at radius 3 is 2.64 bits per heavy atom. The summed E-state index contributed by atoms with van der Waals surface area (Å²) in [6.07, 6.45) is 0. The minimum Gasteiger partial charge on any atom is -0.484 e. The Morgan fingerprint density at radius 2 is 2.09 bits per heavy atom. The lowest BCUT2D eigenvalue weighted by atomic mass is 10.2. The Hall–Kier alpha value is -2.48. The van der Waals surface area contributed by atoms with Crippen molar-refractivity contribution in [1.29, 1.82) is 0 Å². The third-order valence-electron chi connectivity index (χ3n) is 2.78. The number of ether oxygens (including phenoxy) is 1. The number of thiazole rings is 1. The highest BCUT2D eigenvalue weighted by Crippen LogP contribution is 2.21. The molecule has 1 amide bonds. The van der Waals surface area contributed by atoms with Gasteiger partial charge < -0.3 is 4.74 Å². The van der Waals surface area contributed by atoms with Gasteiger partial charge in [-0.15, -0.1) is 11.3 Å². The average molecular weight is 321 g/mol. The molecule has 8 heteroatoms. The van der Waals surface area contributed by atoms with Crippen LogP contribution in [-0.4, -0.2) is 22.4 Å². The fourth-order valence-corrected chi connectivity index (χ4v) is 2.47. The number of benzene rings is 1. The summed E-state index contributed by atoms with van der Waals surface area (Å²) in [7, 11) is 0. The van der Waals surface area contributed by atoms with E-state index in [1.165, 1.54) is 35.6 Å². The van der Waals surface area contributed by atoms with E-state index in [0.29, 0.717) is 16.8 Å². The van der Waals surface area contributed by atoms with Crippen LogP contribution in [0.1, 0.15) is 25.5 Å². The van der Waals surface area contributed by atoms with Gasteiger partial charge in [0.2, 0.25) is 0 Å². The zero-order valence-corrected chi connectivity index (χ0v) is 12.9. The Balaban J connectivity index is 1.85. The van der Waals surface area contributed by atoms with Crippen LogP contribution in [0.15, 0.2) is 29.6 Å². The summed E-state index contributed by atoms with van der Waals surface area (Å²) in [4.78, 5) is 26.1. The van der Waals surface area contributed by atoms with Crippen LogP contribution in [0.2, 0.25) is 0 Å². The lowest BCUT2D eigenvalue weighted by molar-refractivity contribution is -0.384. The lowest BCUT2D eigenvalue weighted by Crippen LogP contribution is -2.20. The molecule has 116 valence electrons. The van der Waals surface area contributed by atoms with Crippen molar-refractivity contribution >= 4 is 28.1 Å². The van der Waals surface area contributed by atoms with E-state index in [2.05, 4.69) is 10.3 Å². The predicted molar refractivity (Wildman–Crippen MR) is 83.4 cm³/mol. The Morgan fingerprint density at radius 1 is 1.41 bits per heavy atom. The fraction of sp³-hybridized carbons (Fsp3) is 0.286. The number of nitrogens with zero attached hydrogens (tertiary/aromatic N) is 2. The Kier molecular flexibility index (Phi) is 5.05. The maximum atomic E-state index is 11.8. The normalized spacial score (nSPS) is 10.5. The van der Waals surface area contributed by atoms with Gasteiger partial charge >= 0.3 is 0 Å². The molecule has 1 N–H and O–H groups in total. The van der Waals surface area contributed by atoms with Crippen LogP contribution in [0.25, 0.3) is 0 Å². The summed E-state index contributed by atoms with van der Waals surface area (Å²) in [5.41, 5.74) is 0.900.